The Morgan fingerprint density at radius 3 is 2.76 bits per heavy atom. The maximum Gasteiger partial charge on any atom is 0.119 e. The summed E-state index contributed by atoms with van der Waals surface area (Å²) in [6.07, 6.45) is 7.83. The third-order valence-corrected chi connectivity index (χ3v) is 6.57. The normalized spacial score (nSPS) is 28.0. The molecule has 1 aliphatic carbocycles. The van der Waals surface area contributed by atoms with E-state index in [1.807, 2.05) is 0 Å². The molecule has 0 amide bonds. The molecule has 0 bridgehead atoms. The van der Waals surface area contributed by atoms with Crippen LogP contribution in [0.4, 0.5) is 0 Å². The van der Waals surface area contributed by atoms with Crippen molar-refractivity contribution in [2.75, 3.05) is 53.0 Å². The molecule has 2 aliphatic heterocycles. The van der Waals surface area contributed by atoms with Crippen LogP contribution in [0.3, 0.4) is 0 Å². The van der Waals surface area contributed by atoms with Crippen LogP contribution in [0.1, 0.15) is 36.8 Å². The Morgan fingerprint density at radius 1 is 1.04 bits per heavy atom. The van der Waals surface area contributed by atoms with Crippen molar-refractivity contribution in [3.8, 4) is 5.75 Å². The van der Waals surface area contributed by atoms with Gasteiger partial charge in [0.25, 0.3) is 0 Å². The van der Waals surface area contributed by atoms with Crippen molar-refractivity contribution in [2.45, 2.75) is 44.1 Å². The van der Waals surface area contributed by atoms with Crippen LogP contribution in [-0.2, 0) is 17.6 Å². The Balaban J connectivity index is 1.46. The first-order valence-corrected chi connectivity index (χ1v) is 10.0. The molecule has 25 heavy (non-hydrogen) atoms. The topological polar surface area (TPSA) is 24.9 Å². The number of benzene rings is 1. The van der Waals surface area contributed by atoms with Crippen molar-refractivity contribution in [3.05, 3.63) is 29.3 Å². The summed E-state index contributed by atoms with van der Waals surface area (Å²) in [5.74, 6) is 1.00. The van der Waals surface area contributed by atoms with Gasteiger partial charge in [0.15, 0.2) is 0 Å². The minimum atomic E-state index is 0.395. The van der Waals surface area contributed by atoms with E-state index in [-0.39, 0.29) is 0 Å². The first-order chi connectivity index (χ1) is 12.3. The zero-order chi connectivity index (χ0) is 17.1. The zero-order valence-electron chi connectivity index (χ0n) is 15.6. The molecule has 3 aliphatic rings. The molecule has 1 atom stereocenters. The van der Waals surface area contributed by atoms with Gasteiger partial charge in [-0.15, -0.1) is 0 Å². The second-order valence-electron chi connectivity index (χ2n) is 7.93. The van der Waals surface area contributed by atoms with Crippen LogP contribution in [0.5, 0.6) is 5.75 Å². The molecule has 1 spiro atoms. The van der Waals surface area contributed by atoms with Crippen LogP contribution in [0.2, 0.25) is 0 Å². The van der Waals surface area contributed by atoms with Crippen LogP contribution in [0, 0.1) is 0 Å². The number of aryl methyl sites for hydroxylation is 1. The van der Waals surface area contributed by atoms with Gasteiger partial charge in [-0.3, -0.25) is 9.80 Å². The summed E-state index contributed by atoms with van der Waals surface area (Å²) >= 11 is 0. The molecular formula is C21H32N2O2. The molecule has 4 heteroatoms. The van der Waals surface area contributed by atoms with Gasteiger partial charge in [0.05, 0.1) is 20.3 Å². The molecule has 2 heterocycles. The van der Waals surface area contributed by atoms with Gasteiger partial charge in [-0.1, -0.05) is 12.5 Å². The highest BCUT2D eigenvalue weighted by Gasteiger charge is 2.41. The molecule has 1 unspecified atom stereocenters. The van der Waals surface area contributed by atoms with Gasteiger partial charge < -0.3 is 9.47 Å². The van der Waals surface area contributed by atoms with Gasteiger partial charge in [-0.2, -0.15) is 0 Å². The molecule has 0 radical (unpaired) electrons. The van der Waals surface area contributed by atoms with Gasteiger partial charge in [0, 0.05) is 31.7 Å². The summed E-state index contributed by atoms with van der Waals surface area (Å²) in [5, 5.41) is 0. The molecule has 1 aromatic carbocycles. The van der Waals surface area contributed by atoms with Gasteiger partial charge in [0.1, 0.15) is 5.75 Å². The number of nitrogens with zero attached hydrogens (tertiary/aromatic N) is 2. The van der Waals surface area contributed by atoms with E-state index >= 15 is 0 Å². The maximum atomic E-state index is 5.49. The first kappa shape index (κ1) is 17.3. The van der Waals surface area contributed by atoms with Crippen molar-refractivity contribution in [1.82, 2.24) is 9.80 Å². The van der Waals surface area contributed by atoms with E-state index in [1.54, 1.807) is 12.7 Å². The van der Waals surface area contributed by atoms with Crippen molar-refractivity contribution in [1.29, 1.82) is 0 Å². The minimum Gasteiger partial charge on any atom is -0.497 e. The van der Waals surface area contributed by atoms with Gasteiger partial charge >= 0.3 is 0 Å². The van der Waals surface area contributed by atoms with E-state index in [0.29, 0.717) is 5.54 Å². The lowest BCUT2D eigenvalue weighted by atomic mass is 9.72. The molecule has 2 saturated heterocycles. The number of piperidine rings is 1. The molecule has 0 aromatic heterocycles. The lowest BCUT2D eigenvalue weighted by Crippen LogP contribution is -2.57. The summed E-state index contributed by atoms with van der Waals surface area (Å²) < 4.78 is 10.9. The quantitative estimate of drug-likeness (QED) is 0.838. The second-order valence-corrected chi connectivity index (χ2v) is 7.93. The number of hydrogen-bond donors (Lipinski definition) is 0. The average Bonchev–Trinajstić information content (AvgIpc) is 2.68. The number of morpholine rings is 1. The van der Waals surface area contributed by atoms with Crippen LogP contribution in [0.15, 0.2) is 18.2 Å². The fourth-order valence-electron chi connectivity index (χ4n) is 5.02. The lowest BCUT2D eigenvalue weighted by molar-refractivity contribution is 0.00325. The van der Waals surface area contributed by atoms with E-state index in [1.165, 1.54) is 63.7 Å². The largest absolute Gasteiger partial charge is 0.497 e. The Kier molecular flexibility index (Phi) is 5.30. The fourth-order valence-corrected chi connectivity index (χ4v) is 5.02. The minimum absolute atomic E-state index is 0.395. The molecule has 2 fully saturated rings. The van der Waals surface area contributed by atoms with Gasteiger partial charge in [-0.05, 0) is 61.9 Å². The Labute approximate surface area is 152 Å². The van der Waals surface area contributed by atoms with Crippen molar-refractivity contribution in [3.63, 3.8) is 0 Å². The molecule has 1 aromatic rings. The molecule has 4 nitrogen and oxygen atoms in total. The van der Waals surface area contributed by atoms with Crippen molar-refractivity contribution in [2.24, 2.45) is 0 Å². The van der Waals surface area contributed by atoms with Crippen molar-refractivity contribution >= 4 is 0 Å². The Bertz CT molecular complexity index is 585. The number of rotatable bonds is 4. The number of fused-ring (bicyclic) bond motifs is 1. The molecular weight excluding hydrogens is 312 g/mol. The smallest absolute Gasteiger partial charge is 0.119 e. The highest BCUT2D eigenvalue weighted by Crippen LogP contribution is 2.40. The predicted octanol–water partition coefficient (Wildman–Crippen LogP) is 2.74. The number of ether oxygens (including phenoxy) is 2. The Hall–Kier alpha value is -1.10. The highest BCUT2D eigenvalue weighted by molar-refractivity contribution is 5.39. The van der Waals surface area contributed by atoms with Crippen molar-refractivity contribution < 1.29 is 9.47 Å². The van der Waals surface area contributed by atoms with Gasteiger partial charge in [0.2, 0.25) is 0 Å². The predicted molar refractivity (Wildman–Crippen MR) is 100 cm³/mol. The van der Waals surface area contributed by atoms with E-state index in [9.17, 15) is 0 Å². The average molecular weight is 344 g/mol. The van der Waals surface area contributed by atoms with Gasteiger partial charge in [-0.25, -0.2) is 0 Å². The number of methoxy groups -OCH3 is 1. The van der Waals surface area contributed by atoms with E-state index in [4.69, 9.17) is 9.47 Å². The molecule has 4 rings (SSSR count). The summed E-state index contributed by atoms with van der Waals surface area (Å²) in [6, 6.07) is 6.70. The standard InChI is InChI=1S/C21H32N2O2/c1-24-20-5-4-19-17-21(8-6-18(19)16-20)7-2-3-9-23(21)11-10-22-12-14-25-15-13-22/h4-5,16H,2-3,6-15,17H2,1H3. The third kappa shape index (κ3) is 3.71. The van der Waals surface area contributed by atoms with Crippen LogP contribution in [0.25, 0.3) is 0 Å². The van der Waals surface area contributed by atoms with Crippen LogP contribution < -0.4 is 4.74 Å². The number of hydrogen-bond acceptors (Lipinski definition) is 4. The summed E-state index contributed by atoms with van der Waals surface area (Å²) in [4.78, 5) is 5.41. The SMILES string of the molecule is COc1ccc2c(c1)CCC1(CCCCN1CCN1CCOCC1)C2. The monoisotopic (exact) mass is 344 g/mol. The van der Waals surface area contributed by atoms with E-state index in [2.05, 4.69) is 28.0 Å². The van der Waals surface area contributed by atoms with Crippen LogP contribution in [-0.4, -0.2) is 68.4 Å². The van der Waals surface area contributed by atoms with E-state index < -0.39 is 0 Å². The number of likely N-dealkylation sites (tertiary alicyclic amines) is 1. The van der Waals surface area contributed by atoms with E-state index in [0.717, 1.165) is 32.1 Å². The summed E-state index contributed by atoms with van der Waals surface area (Å²) in [6.45, 7) is 7.69. The summed E-state index contributed by atoms with van der Waals surface area (Å²) in [5.41, 5.74) is 3.44. The fraction of sp³-hybridized carbons (Fsp3) is 0.714. The highest BCUT2D eigenvalue weighted by atomic mass is 16.5. The van der Waals surface area contributed by atoms with Crippen LogP contribution >= 0.6 is 0 Å². The molecule has 138 valence electrons. The molecule has 0 N–H and O–H groups in total. The lowest BCUT2D eigenvalue weighted by Gasteiger charge is -2.50. The maximum absolute atomic E-state index is 5.49. The Morgan fingerprint density at radius 2 is 1.92 bits per heavy atom. The molecule has 0 saturated carbocycles. The third-order valence-electron chi connectivity index (χ3n) is 6.57. The summed E-state index contributed by atoms with van der Waals surface area (Å²) in [7, 11) is 1.76. The zero-order valence-corrected chi connectivity index (χ0v) is 15.6. The second kappa shape index (κ2) is 7.65. The first-order valence-electron chi connectivity index (χ1n) is 10.0.